The summed E-state index contributed by atoms with van der Waals surface area (Å²) < 4.78 is 19.1. The van der Waals surface area contributed by atoms with E-state index in [1.54, 1.807) is 18.5 Å². The Hall–Kier alpha value is -2.47. The molecule has 0 bridgehead atoms. The minimum absolute atomic E-state index is 0.0135. The van der Waals surface area contributed by atoms with Crippen molar-refractivity contribution in [2.75, 3.05) is 7.11 Å². The highest BCUT2D eigenvalue weighted by molar-refractivity contribution is 5.94. The molecule has 1 saturated carbocycles. The summed E-state index contributed by atoms with van der Waals surface area (Å²) in [4.78, 5) is 16.5. The van der Waals surface area contributed by atoms with Gasteiger partial charge in [-0.2, -0.15) is 0 Å². The van der Waals surface area contributed by atoms with Crippen molar-refractivity contribution in [1.29, 1.82) is 0 Å². The van der Waals surface area contributed by atoms with E-state index in [2.05, 4.69) is 10.3 Å². The molecule has 1 aromatic carbocycles. The van der Waals surface area contributed by atoms with Crippen LogP contribution < -0.4 is 10.1 Å². The van der Waals surface area contributed by atoms with Gasteiger partial charge in [-0.15, -0.1) is 0 Å². The third-order valence-corrected chi connectivity index (χ3v) is 4.66. The average molecular weight is 344 g/mol. The van der Waals surface area contributed by atoms with Crippen LogP contribution in [0.15, 0.2) is 42.7 Å². The number of rotatable bonds is 6. The maximum absolute atomic E-state index is 14.1. The fraction of sp³-hybridized carbons (Fsp3) is 0.368. The largest absolute Gasteiger partial charge is 0.497 e. The van der Waals surface area contributed by atoms with E-state index >= 15 is 0 Å². The Morgan fingerprint density at radius 2 is 2.08 bits per heavy atom. The molecule has 5 nitrogen and oxygen atoms in total. The molecule has 1 aliphatic rings. The first-order chi connectivity index (χ1) is 12.1. The minimum atomic E-state index is -0.617. The monoisotopic (exact) mass is 344 g/mol. The van der Waals surface area contributed by atoms with Crippen LogP contribution in [0, 0.1) is 11.7 Å². The van der Waals surface area contributed by atoms with Crippen LogP contribution in [0.1, 0.15) is 28.8 Å². The Morgan fingerprint density at radius 1 is 1.36 bits per heavy atom. The lowest BCUT2D eigenvalue weighted by Crippen LogP contribution is -2.48. The summed E-state index contributed by atoms with van der Waals surface area (Å²) in [6.07, 6.45) is 4.98. The zero-order chi connectivity index (χ0) is 17.8. The topological polar surface area (TPSA) is 71.5 Å². The first-order valence-corrected chi connectivity index (χ1v) is 8.28. The van der Waals surface area contributed by atoms with Crippen LogP contribution in [0.2, 0.25) is 0 Å². The van der Waals surface area contributed by atoms with Gasteiger partial charge in [0.05, 0.1) is 18.8 Å². The summed E-state index contributed by atoms with van der Waals surface area (Å²) >= 11 is 0. The number of nitrogens with zero attached hydrogens (tertiary/aromatic N) is 1. The fourth-order valence-corrected chi connectivity index (χ4v) is 3.12. The van der Waals surface area contributed by atoms with E-state index in [4.69, 9.17) is 4.74 Å². The molecule has 0 radical (unpaired) electrons. The van der Waals surface area contributed by atoms with Crippen molar-refractivity contribution >= 4 is 5.91 Å². The third kappa shape index (κ3) is 4.14. The molecule has 1 aliphatic carbocycles. The van der Waals surface area contributed by atoms with E-state index in [1.165, 1.54) is 19.2 Å². The van der Waals surface area contributed by atoms with Gasteiger partial charge in [-0.3, -0.25) is 9.78 Å². The summed E-state index contributed by atoms with van der Waals surface area (Å²) in [5.41, 5.74) is 1.03. The van der Waals surface area contributed by atoms with Crippen molar-refractivity contribution < 1.29 is 19.0 Å². The van der Waals surface area contributed by atoms with Crippen molar-refractivity contribution in [1.82, 2.24) is 10.3 Å². The molecule has 0 spiro atoms. The highest BCUT2D eigenvalue weighted by atomic mass is 19.1. The standard InChI is InChI=1S/C19H21FN2O3/c1-25-15-2-3-16(17(20)11-15)19(24)22-18(13-9-14(23)10-13)8-12-4-6-21-7-5-12/h2-7,11,13-14,18,23H,8-10H2,1H3,(H,22,24). The van der Waals surface area contributed by atoms with E-state index in [1.807, 2.05) is 12.1 Å². The number of halogens is 1. The predicted molar refractivity (Wildman–Crippen MR) is 90.9 cm³/mol. The molecule has 1 unspecified atom stereocenters. The zero-order valence-corrected chi connectivity index (χ0v) is 14.0. The molecule has 0 saturated heterocycles. The van der Waals surface area contributed by atoms with Crippen LogP contribution in [0.4, 0.5) is 4.39 Å². The van der Waals surface area contributed by atoms with Gasteiger partial charge in [0.25, 0.3) is 5.91 Å². The molecule has 2 aromatic rings. The molecule has 6 heteroatoms. The predicted octanol–water partition coefficient (Wildman–Crippen LogP) is 2.34. The van der Waals surface area contributed by atoms with Crippen molar-refractivity contribution in [2.45, 2.75) is 31.4 Å². The lowest BCUT2D eigenvalue weighted by molar-refractivity contribution is 0.0239. The van der Waals surface area contributed by atoms with Gasteiger partial charge in [-0.25, -0.2) is 4.39 Å². The van der Waals surface area contributed by atoms with E-state index in [0.29, 0.717) is 25.0 Å². The van der Waals surface area contributed by atoms with Gasteiger partial charge in [0.2, 0.25) is 0 Å². The smallest absolute Gasteiger partial charge is 0.254 e. The van der Waals surface area contributed by atoms with Crippen LogP contribution in [-0.2, 0) is 6.42 Å². The van der Waals surface area contributed by atoms with Gasteiger partial charge in [0, 0.05) is 24.5 Å². The Kier molecular flexibility index (Phi) is 5.28. The van der Waals surface area contributed by atoms with Crippen molar-refractivity contribution in [3.05, 3.63) is 59.7 Å². The third-order valence-electron chi connectivity index (χ3n) is 4.66. The minimum Gasteiger partial charge on any atom is -0.497 e. The molecule has 25 heavy (non-hydrogen) atoms. The second-order valence-corrected chi connectivity index (χ2v) is 6.37. The summed E-state index contributed by atoms with van der Waals surface area (Å²) in [7, 11) is 1.45. The first kappa shape index (κ1) is 17.4. The first-order valence-electron chi connectivity index (χ1n) is 8.28. The molecule has 0 aliphatic heterocycles. The number of carbonyl (C=O) groups is 1. The molecule has 132 valence electrons. The number of ether oxygens (including phenoxy) is 1. The van der Waals surface area contributed by atoms with Gasteiger partial charge in [0.15, 0.2) is 0 Å². The highest BCUT2D eigenvalue weighted by Gasteiger charge is 2.35. The number of pyridine rings is 1. The summed E-state index contributed by atoms with van der Waals surface area (Å²) in [5.74, 6) is -0.535. The van der Waals surface area contributed by atoms with E-state index in [9.17, 15) is 14.3 Å². The second-order valence-electron chi connectivity index (χ2n) is 6.37. The van der Waals surface area contributed by atoms with E-state index in [-0.39, 0.29) is 23.6 Å². The normalized spacial score (nSPS) is 20.4. The van der Waals surface area contributed by atoms with Crippen LogP contribution in [0.25, 0.3) is 0 Å². The molecule has 2 N–H and O–H groups in total. The number of aliphatic hydroxyl groups is 1. The van der Waals surface area contributed by atoms with Crippen molar-refractivity contribution in [3.8, 4) is 5.75 Å². The molecule has 1 amide bonds. The van der Waals surface area contributed by atoms with Gasteiger partial charge in [-0.1, -0.05) is 0 Å². The van der Waals surface area contributed by atoms with Crippen molar-refractivity contribution in [3.63, 3.8) is 0 Å². The van der Waals surface area contributed by atoms with Crippen LogP contribution >= 0.6 is 0 Å². The van der Waals surface area contributed by atoms with Gasteiger partial charge < -0.3 is 15.2 Å². The Morgan fingerprint density at radius 3 is 2.68 bits per heavy atom. The lowest BCUT2D eigenvalue weighted by atomic mass is 9.75. The van der Waals surface area contributed by atoms with Crippen LogP contribution in [0.3, 0.4) is 0 Å². The molecule has 1 aromatic heterocycles. The zero-order valence-electron chi connectivity index (χ0n) is 14.0. The summed E-state index contributed by atoms with van der Waals surface area (Å²) in [6.45, 7) is 0. The van der Waals surface area contributed by atoms with Gasteiger partial charge in [-0.05, 0) is 55.0 Å². The number of amides is 1. The van der Waals surface area contributed by atoms with Gasteiger partial charge >= 0.3 is 0 Å². The lowest BCUT2D eigenvalue weighted by Gasteiger charge is -2.38. The number of hydrogen-bond acceptors (Lipinski definition) is 4. The molecule has 1 atom stereocenters. The van der Waals surface area contributed by atoms with Crippen LogP contribution in [0.5, 0.6) is 5.75 Å². The molecule has 1 fully saturated rings. The number of aromatic nitrogens is 1. The molecule has 1 heterocycles. The van der Waals surface area contributed by atoms with E-state index in [0.717, 1.165) is 5.56 Å². The Labute approximate surface area is 145 Å². The quantitative estimate of drug-likeness (QED) is 0.844. The number of nitrogens with one attached hydrogen (secondary N) is 1. The summed E-state index contributed by atoms with van der Waals surface area (Å²) in [6, 6.07) is 7.79. The molecular weight excluding hydrogens is 323 g/mol. The Balaban J connectivity index is 1.74. The van der Waals surface area contributed by atoms with Crippen LogP contribution in [-0.4, -0.2) is 35.3 Å². The van der Waals surface area contributed by atoms with Crippen molar-refractivity contribution in [2.24, 2.45) is 5.92 Å². The number of aliphatic hydroxyl groups excluding tert-OH is 1. The maximum Gasteiger partial charge on any atom is 0.254 e. The SMILES string of the molecule is COc1ccc(C(=O)NC(Cc2ccncc2)C2CC(O)C2)c(F)c1. The fourth-order valence-electron chi connectivity index (χ4n) is 3.12. The van der Waals surface area contributed by atoms with Gasteiger partial charge in [0.1, 0.15) is 11.6 Å². The molecule has 3 rings (SSSR count). The average Bonchev–Trinajstić information content (AvgIpc) is 2.59. The van der Waals surface area contributed by atoms with E-state index < -0.39 is 11.7 Å². The summed E-state index contributed by atoms with van der Waals surface area (Å²) in [5, 5.41) is 12.5. The number of benzene rings is 1. The Bertz CT molecular complexity index is 733. The second kappa shape index (κ2) is 7.61. The number of hydrogen-bond donors (Lipinski definition) is 2. The maximum atomic E-state index is 14.1. The number of carbonyl (C=O) groups excluding carboxylic acids is 1. The highest BCUT2D eigenvalue weighted by Crippen LogP contribution is 2.32. The molecular formula is C19H21FN2O3. The number of methoxy groups -OCH3 is 1.